The van der Waals surface area contributed by atoms with Crippen molar-refractivity contribution in [2.75, 3.05) is 0 Å². The summed E-state index contributed by atoms with van der Waals surface area (Å²) in [6, 6.07) is 10.2. The summed E-state index contributed by atoms with van der Waals surface area (Å²) in [5.41, 5.74) is 1.28. The minimum atomic E-state index is 0.347. The highest BCUT2D eigenvalue weighted by Crippen LogP contribution is 2.18. The minimum Gasteiger partial charge on any atom is -0.332 e. The number of hydrogen-bond acceptors (Lipinski definition) is 1. The normalized spacial score (nSPS) is 10.5. The molecule has 0 amide bonds. The first-order valence-corrected chi connectivity index (χ1v) is 5.45. The first-order chi connectivity index (χ1) is 7.25. The fourth-order valence-corrected chi connectivity index (χ4v) is 1.70. The number of nitrogens with one attached hydrogen (secondary N) is 1. The van der Waals surface area contributed by atoms with E-state index in [0.717, 1.165) is 18.7 Å². The molecular weight excluding hydrogens is 231 g/mol. The molecule has 0 aliphatic heterocycles. The van der Waals surface area contributed by atoms with Gasteiger partial charge in [-0.15, -0.1) is 0 Å². The lowest BCUT2D eigenvalue weighted by atomic mass is 10.1. The molecule has 4 heteroatoms. The molecule has 15 heavy (non-hydrogen) atoms. The van der Waals surface area contributed by atoms with Crippen molar-refractivity contribution in [2.45, 2.75) is 12.8 Å². The Morgan fingerprint density at radius 1 is 1.07 bits per heavy atom. The number of aromatic amines is 1. The molecule has 0 aliphatic rings. The van der Waals surface area contributed by atoms with Crippen LogP contribution in [0.4, 0.5) is 0 Å². The third kappa shape index (κ3) is 2.74. The molecule has 1 aromatic carbocycles. The molecule has 1 N–H and O–H groups in total. The second-order valence-electron chi connectivity index (χ2n) is 3.27. The van der Waals surface area contributed by atoms with E-state index >= 15 is 0 Å². The van der Waals surface area contributed by atoms with E-state index < -0.39 is 0 Å². The van der Waals surface area contributed by atoms with Crippen LogP contribution in [-0.2, 0) is 12.8 Å². The Labute approximate surface area is 98.3 Å². The Balaban J connectivity index is 1.99. The summed E-state index contributed by atoms with van der Waals surface area (Å²) in [7, 11) is 0. The van der Waals surface area contributed by atoms with Gasteiger partial charge in [-0.2, -0.15) is 0 Å². The van der Waals surface area contributed by atoms with Crippen molar-refractivity contribution in [3.8, 4) is 0 Å². The number of hydrogen-bond donors (Lipinski definition) is 1. The van der Waals surface area contributed by atoms with Crippen LogP contribution in [0.2, 0.25) is 10.3 Å². The summed E-state index contributed by atoms with van der Waals surface area (Å²) < 4.78 is 0. The van der Waals surface area contributed by atoms with Crippen LogP contribution in [0.15, 0.2) is 30.3 Å². The lowest BCUT2D eigenvalue weighted by molar-refractivity contribution is 0.884. The van der Waals surface area contributed by atoms with Gasteiger partial charge in [0.05, 0.1) is 0 Å². The molecule has 0 radical (unpaired) electrons. The van der Waals surface area contributed by atoms with Crippen molar-refractivity contribution in [1.82, 2.24) is 9.97 Å². The molecule has 0 atom stereocenters. The molecule has 2 aromatic rings. The maximum atomic E-state index is 5.76. The Morgan fingerprint density at radius 2 is 1.80 bits per heavy atom. The van der Waals surface area contributed by atoms with Gasteiger partial charge in [0.1, 0.15) is 11.0 Å². The highest BCUT2D eigenvalue weighted by molar-refractivity contribution is 6.40. The van der Waals surface area contributed by atoms with E-state index in [2.05, 4.69) is 22.1 Å². The number of imidazole rings is 1. The van der Waals surface area contributed by atoms with Crippen molar-refractivity contribution < 1.29 is 0 Å². The van der Waals surface area contributed by atoms with Gasteiger partial charge in [0, 0.05) is 6.42 Å². The zero-order chi connectivity index (χ0) is 10.7. The smallest absolute Gasteiger partial charge is 0.166 e. The fraction of sp³-hybridized carbons (Fsp3) is 0.182. The van der Waals surface area contributed by atoms with Gasteiger partial charge in [0.25, 0.3) is 0 Å². The van der Waals surface area contributed by atoms with Crippen molar-refractivity contribution in [2.24, 2.45) is 0 Å². The third-order valence-electron chi connectivity index (χ3n) is 2.16. The quantitative estimate of drug-likeness (QED) is 0.875. The number of H-pyrrole nitrogens is 1. The molecule has 1 heterocycles. The van der Waals surface area contributed by atoms with Crippen molar-refractivity contribution in [3.05, 3.63) is 52.0 Å². The summed E-state index contributed by atoms with van der Waals surface area (Å²) in [5.74, 6) is 0.828. The molecule has 2 rings (SSSR count). The standard InChI is InChI=1S/C11H10Cl2N2/c12-10-11(13)15-9(14-10)7-6-8-4-2-1-3-5-8/h1-5H,6-7H2,(H,14,15). The summed E-state index contributed by atoms with van der Waals surface area (Å²) in [6.07, 6.45) is 1.75. The molecule has 0 fully saturated rings. The number of benzene rings is 1. The first kappa shape index (κ1) is 10.5. The average Bonchev–Trinajstić information content (AvgIpc) is 2.57. The van der Waals surface area contributed by atoms with Gasteiger partial charge in [-0.3, -0.25) is 0 Å². The van der Waals surface area contributed by atoms with Crippen LogP contribution in [0, 0.1) is 0 Å². The molecule has 0 spiro atoms. The van der Waals surface area contributed by atoms with Crippen LogP contribution in [0.3, 0.4) is 0 Å². The zero-order valence-corrected chi connectivity index (χ0v) is 9.52. The van der Waals surface area contributed by atoms with Gasteiger partial charge in [0.15, 0.2) is 5.15 Å². The minimum absolute atomic E-state index is 0.347. The fourth-order valence-electron chi connectivity index (χ4n) is 1.40. The Bertz CT molecular complexity index is 418. The lowest BCUT2D eigenvalue weighted by Crippen LogP contribution is -1.92. The largest absolute Gasteiger partial charge is 0.332 e. The summed E-state index contributed by atoms with van der Waals surface area (Å²) in [4.78, 5) is 7.04. The maximum absolute atomic E-state index is 5.76. The predicted octanol–water partition coefficient (Wildman–Crippen LogP) is 3.50. The van der Waals surface area contributed by atoms with E-state index in [-0.39, 0.29) is 0 Å². The molecule has 0 saturated carbocycles. The van der Waals surface area contributed by atoms with Gasteiger partial charge in [-0.05, 0) is 12.0 Å². The van der Waals surface area contributed by atoms with Crippen LogP contribution in [0.25, 0.3) is 0 Å². The van der Waals surface area contributed by atoms with Gasteiger partial charge < -0.3 is 4.98 Å². The third-order valence-corrected chi connectivity index (χ3v) is 2.81. The van der Waals surface area contributed by atoms with Crippen molar-refractivity contribution >= 4 is 23.2 Å². The van der Waals surface area contributed by atoms with Crippen molar-refractivity contribution in [3.63, 3.8) is 0 Å². The van der Waals surface area contributed by atoms with Crippen LogP contribution >= 0.6 is 23.2 Å². The molecular formula is C11H10Cl2N2. The zero-order valence-electron chi connectivity index (χ0n) is 8.00. The highest BCUT2D eigenvalue weighted by Gasteiger charge is 2.05. The first-order valence-electron chi connectivity index (χ1n) is 4.69. The van der Waals surface area contributed by atoms with E-state index in [1.165, 1.54) is 5.56 Å². The SMILES string of the molecule is Clc1nc(CCc2ccccc2)[nH]c1Cl. The monoisotopic (exact) mass is 240 g/mol. The average molecular weight is 241 g/mol. The van der Waals surface area contributed by atoms with Gasteiger partial charge in [-0.25, -0.2) is 4.98 Å². The van der Waals surface area contributed by atoms with E-state index in [4.69, 9.17) is 23.2 Å². The number of aryl methyl sites for hydroxylation is 2. The summed E-state index contributed by atoms with van der Waals surface area (Å²) >= 11 is 11.5. The Morgan fingerprint density at radius 3 is 2.40 bits per heavy atom. The molecule has 2 nitrogen and oxygen atoms in total. The molecule has 0 saturated heterocycles. The van der Waals surface area contributed by atoms with E-state index in [1.54, 1.807) is 0 Å². The lowest BCUT2D eigenvalue weighted by Gasteiger charge is -1.97. The molecule has 1 aromatic heterocycles. The van der Waals surface area contributed by atoms with Crippen LogP contribution in [0.1, 0.15) is 11.4 Å². The van der Waals surface area contributed by atoms with Gasteiger partial charge in [0.2, 0.25) is 0 Å². The number of aromatic nitrogens is 2. The van der Waals surface area contributed by atoms with Crippen molar-refractivity contribution in [1.29, 1.82) is 0 Å². The van der Waals surface area contributed by atoms with Crippen LogP contribution < -0.4 is 0 Å². The summed E-state index contributed by atoms with van der Waals surface area (Å²) in [6.45, 7) is 0. The Kier molecular flexibility index (Phi) is 3.29. The number of nitrogens with zero attached hydrogens (tertiary/aromatic N) is 1. The topological polar surface area (TPSA) is 28.7 Å². The van der Waals surface area contributed by atoms with Gasteiger partial charge in [-0.1, -0.05) is 53.5 Å². The Hall–Kier alpha value is -0.990. The molecule has 78 valence electrons. The molecule has 0 bridgehead atoms. The van der Waals surface area contributed by atoms with E-state index in [1.807, 2.05) is 18.2 Å². The second-order valence-corrected chi connectivity index (χ2v) is 4.01. The van der Waals surface area contributed by atoms with Crippen LogP contribution in [-0.4, -0.2) is 9.97 Å². The van der Waals surface area contributed by atoms with Crippen LogP contribution in [0.5, 0.6) is 0 Å². The second kappa shape index (κ2) is 4.69. The molecule has 0 aliphatic carbocycles. The maximum Gasteiger partial charge on any atom is 0.166 e. The summed E-state index contributed by atoms with van der Waals surface area (Å²) in [5, 5.41) is 0.763. The number of rotatable bonds is 3. The highest BCUT2D eigenvalue weighted by atomic mass is 35.5. The number of halogens is 2. The van der Waals surface area contributed by atoms with Gasteiger partial charge >= 0.3 is 0 Å². The van der Waals surface area contributed by atoms with E-state index in [0.29, 0.717) is 10.3 Å². The molecule has 0 unspecified atom stereocenters. The predicted molar refractivity (Wildman–Crippen MR) is 62.5 cm³/mol. The van der Waals surface area contributed by atoms with E-state index in [9.17, 15) is 0 Å².